The molecule has 19 aliphatic rings. The Morgan fingerprint density at radius 2 is 1.04 bits per heavy atom. The summed E-state index contributed by atoms with van der Waals surface area (Å²) in [6.45, 7) is 39.2. The molecular formula is C76H138O15. The van der Waals surface area contributed by atoms with Crippen LogP contribution in [0.3, 0.4) is 0 Å². The van der Waals surface area contributed by atoms with Crippen molar-refractivity contribution in [3.63, 3.8) is 0 Å². The van der Waals surface area contributed by atoms with Gasteiger partial charge >= 0.3 is 29.8 Å². The van der Waals surface area contributed by atoms with Crippen molar-refractivity contribution in [2.24, 2.45) is 75.9 Å². The molecule has 9 aliphatic carbocycles. The first-order valence-electron chi connectivity index (χ1n) is 38.4. The van der Waals surface area contributed by atoms with Crippen LogP contribution >= 0.6 is 0 Å². The number of rotatable bonds is 0. The third-order valence-electron chi connectivity index (χ3n) is 21.2. The van der Waals surface area contributed by atoms with Crippen molar-refractivity contribution in [3.8, 4) is 0 Å². The zero-order chi connectivity index (χ0) is 68.3. The Hall–Kier alpha value is -3.14. The van der Waals surface area contributed by atoms with Gasteiger partial charge in [0.15, 0.2) is 12.1 Å². The van der Waals surface area contributed by atoms with Gasteiger partial charge in [-0.25, -0.2) is 0 Å². The molecule has 0 amide bonds. The fraction of sp³-hybridized carbons (Fsp3) is 0.921. The molecule has 19 fully saturated rings. The van der Waals surface area contributed by atoms with E-state index >= 15 is 0 Å². The van der Waals surface area contributed by atoms with Crippen molar-refractivity contribution in [1.29, 1.82) is 0 Å². The monoisotopic (exact) mass is 1290 g/mol. The van der Waals surface area contributed by atoms with Crippen molar-refractivity contribution in [2.45, 2.75) is 341 Å². The summed E-state index contributed by atoms with van der Waals surface area (Å²) in [6, 6.07) is 0. The molecule has 0 radical (unpaired) electrons. The van der Waals surface area contributed by atoms with Crippen molar-refractivity contribution < 1.29 is 71.8 Å². The summed E-state index contributed by atoms with van der Waals surface area (Å²) in [6.07, 6.45) is 32.7. The molecule has 10 heterocycles. The minimum Gasteiger partial charge on any atom is -0.465 e. The summed E-state index contributed by atoms with van der Waals surface area (Å²) in [5.74, 6) is 7.38. The van der Waals surface area contributed by atoms with E-state index in [-0.39, 0.29) is 70.8 Å². The number of Topliss-reactive ketones (excluding diaryl/α,β-unsaturated/α-hetero) is 1. The van der Waals surface area contributed by atoms with Gasteiger partial charge in [-0.05, 0) is 163 Å². The van der Waals surface area contributed by atoms with Gasteiger partial charge in [0.05, 0.1) is 67.7 Å². The van der Waals surface area contributed by atoms with E-state index in [2.05, 4.69) is 0 Å². The zero-order valence-corrected chi connectivity index (χ0v) is 61.3. The molecular weight excluding hydrogens is 1150 g/mol. The summed E-state index contributed by atoms with van der Waals surface area (Å²) in [4.78, 5) is 67.1. The Morgan fingerprint density at radius 1 is 0.418 bits per heavy atom. The smallest absolute Gasteiger partial charge is 0.312 e. The Labute approximate surface area is 555 Å². The van der Waals surface area contributed by atoms with Gasteiger partial charge in [-0.1, -0.05) is 163 Å². The average molecular weight is 1290 g/mol. The summed E-state index contributed by atoms with van der Waals surface area (Å²) >= 11 is 0. The first kappa shape index (κ1) is 83.9. The summed E-state index contributed by atoms with van der Waals surface area (Å²) < 4.78 is 41.3. The van der Waals surface area contributed by atoms with Crippen LogP contribution in [-0.4, -0.2) is 111 Å². The van der Waals surface area contributed by atoms with Crippen molar-refractivity contribution in [2.75, 3.05) is 33.0 Å². The molecule has 91 heavy (non-hydrogen) atoms. The van der Waals surface area contributed by atoms with E-state index in [1.54, 1.807) is 0 Å². The molecule has 0 aromatic carbocycles. The number of carbonyl (C=O) groups excluding carboxylic acids is 6. The Morgan fingerprint density at radius 3 is 1.58 bits per heavy atom. The van der Waals surface area contributed by atoms with Gasteiger partial charge in [0.2, 0.25) is 0 Å². The number of hydrogen-bond acceptors (Lipinski definition) is 15. The lowest BCUT2D eigenvalue weighted by Gasteiger charge is -2.35. The van der Waals surface area contributed by atoms with Gasteiger partial charge in [-0.3, -0.25) is 28.8 Å². The molecule has 0 aromatic heterocycles. The molecule has 2 spiro atoms. The Bertz CT molecular complexity index is 1980. The van der Waals surface area contributed by atoms with Crippen molar-refractivity contribution >= 4 is 35.6 Å². The molecule has 15 heteroatoms. The SMILES string of the molecule is CC.CC.CC.CC.CC.CC.CC.CC.CC.O=C1CC2OCCC2O1.O=C1COC2CC3CC2CC13.O=C1OC2CC3CC(C2)CC1C3.O=C1OCC2CCCC12.O=C1OCCC12CC1CCC2C1.O=C1OCCC12CCCCC2.OC1CC2CCCC2O1. The van der Waals surface area contributed by atoms with Crippen LogP contribution in [0.4, 0.5) is 0 Å². The normalized spacial score (nSPS) is 36.8. The van der Waals surface area contributed by atoms with E-state index in [4.69, 9.17) is 43.0 Å². The number of aliphatic hydroxyl groups is 1. The maximum Gasteiger partial charge on any atom is 0.312 e. The highest BCUT2D eigenvalue weighted by Crippen LogP contribution is 2.60. The summed E-state index contributed by atoms with van der Waals surface area (Å²) in [5, 5.41) is 9.01. The van der Waals surface area contributed by atoms with E-state index in [9.17, 15) is 28.8 Å². The highest BCUT2D eigenvalue weighted by atomic mass is 16.6. The number of aliphatic hydroxyl groups excluding tert-OH is 1. The zero-order valence-electron chi connectivity index (χ0n) is 61.3. The van der Waals surface area contributed by atoms with Crippen LogP contribution in [0.1, 0.15) is 304 Å². The minimum absolute atomic E-state index is 0.00289. The molecule has 16 unspecified atom stereocenters. The van der Waals surface area contributed by atoms with Crippen LogP contribution in [0, 0.1) is 75.9 Å². The first-order chi connectivity index (χ1) is 44.4. The number of ether oxygens (including phenoxy) is 8. The van der Waals surface area contributed by atoms with Gasteiger partial charge in [-0.2, -0.15) is 0 Å². The highest BCUT2D eigenvalue weighted by molar-refractivity contribution is 5.83. The van der Waals surface area contributed by atoms with E-state index in [0.717, 1.165) is 114 Å². The predicted octanol–water partition coefficient (Wildman–Crippen LogP) is 17.5. The highest BCUT2D eigenvalue weighted by Gasteiger charge is 2.58. The second-order valence-electron chi connectivity index (χ2n) is 25.6. The predicted molar refractivity (Wildman–Crippen MR) is 363 cm³/mol. The number of fused-ring (bicyclic) bond motifs is 9. The average Bonchev–Trinajstić information content (AvgIpc) is 1.62. The van der Waals surface area contributed by atoms with Gasteiger partial charge in [-0.15, -0.1) is 0 Å². The van der Waals surface area contributed by atoms with E-state index in [1.165, 1.54) is 89.9 Å². The lowest BCUT2D eigenvalue weighted by atomic mass is 9.68. The van der Waals surface area contributed by atoms with E-state index < -0.39 is 6.29 Å². The number of hydrogen-bond donors (Lipinski definition) is 1. The van der Waals surface area contributed by atoms with Crippen molar-refractivity contribution in [1.82, 2.24) is 0 Å². The topological polar surface area (TPSA) is 196 Å². The Balaban J connectivity index is 0.000000348. The van der Waals surface area contributed by atoms with Crippen molar-refractivity contribution in [3.05, 3.63) is 0 Å². The molecule has 1 N–H and O–H groups in total. The van der Waals surface area contributed by atoms with E-state index in [1.807, 2.05) is 125 Å². The largest absolute Gasteiger partial charge is 0.465 e. The van der Waals surface area contributed by atoms with Crippen LogP contribution < -0.4 is 0 Å². The lowest BCUT2D eigenvalue weighted by molar-refractivity contribution is -0.151. The number of cyclic esters (lactones) is 3. The summed E-state index contributed by atoms with van der Waals surface area (Å²) in [5.41, 5.74) is -0.0266. The van der Waals surface area contributed by atoms with Gasteiger partial charge < -0.3 is 43.0 Å². The number of carbonyl (C=O) groups is 6. The van der Waals surface area contributed by atoms with Crippen LogP contribution in [0.5, 0.6) is 0 Å². The van der Waals surface area contributed by atoms with Gasteiger partial charge in [0, 0.05) is 24.7 Å². The van der Waals surface area contributed by atoms with Crippen LogP contribution in [0.2, 0.25) is 0 Å². The van der Waals surface area contributed by atoms with Crippen LogP contribution in [0.15, 0.2) is 0 Å². The lowest BCUT2D eigenvalue weighted by Crippen LogP contribution is -2.32. The molecule has 0 aromatic rings. The number of ketones is 1. The third kappa shape index (κ3) is 23.0. The maximum absolute atomic E-state index is 11.6. The van der Waals surface area contributed by atoms with Crippen LogP contribution in [0.25, 0.3) is 0 Å². The molecule has 9 saturated carbocycles. The molecule has 532 valence electrons. The quantitative estimate of drug-likeness (QED) is 0.177. The fourth-order valence-electron chi connectivity index (χ4n) is 17.5. The fourth-order valence-corrected chi connectivity index (χ4v) is 17.5. The molecule has 19 rings (SSSR count). The third-order valence-corrected chi connectivity index (χ3v) is 21.2. The van der Waals surface area contributed by atoms with E-state index in [0.29, 0.717) is 80.4 Å². The standard InChI is InChI=1S/2C10H14O2.C9H12O2.C9H14O2.C7H10O2.C7H12O2.C6H8O3.9C2H6/c11-10-8-2-6-1-7(3-8)5-9(4-6)12-10;11-9-10(3-4-12-9)6-7-1-2-8(10)5-7;10-8-4-11-9-3-5-1-6(9)2-7(5)8;10-8-9(6-7-11-8)4-2-1-3-5-9;8-7-6-3-1-2-5(6)4-9-7;8-7-4-5-2-1-3-6(5)9-7;7-6-3-5-4(9-6)1-2-8-5;9*1-2/h6-9H,1-5H2;7-8H,1-6H2;5-7,9H,1-4H2;1-7H2;5-6H,1-4H2;5-8H,1-4H2;4-5H,1-3H2;9*1-2H3. The summed E-state index contributed by atoms with van der Waals surface area (Å²) in [7, 11) is 0. The van der Waals surface area contributed by atoms with Crippen LogP contribution in [-0.2, 0) is 66.7 Å². The number of esters is 5. The second kappa shape index (κ2) is 45.3. The van der Waals surface area contributed by atoms with Gasteiger partial charge in [0.25, 0.3) is 0 Å². The van der Waals surface area contributed by atoms with Gasteiger partial charge in [0.1, 0.15) is 24.9 Å². The molecule has 10 saturated heterocycles. The molecule has 10 aliphatic heterocycles. The maximum atomic E-state index is 11.6. The molecule has 10 bridgehead atoms. The second-order valence-corrected chi connectivity index (χ2v) is 25.6. The first-order valence-corrected chi connectivity index (χ1v) is 38.4. The Kier molecular flexibility index (Phi) is 41.8. The minimum atomic E-state index is -0.444. The molecule has 15 nitrogen and oxygen atoms in total. The molecule has 16 atom stereocenters.